The highest BCUT2D eigenvalue weighted by Crippen LogP contribution is 2.27. The fraction of sp³-hybridized carbons (Fsp3) is 0.286. The first kappa shape index (κ1) is 13.9. The molecule has 1 heterocycles. The van der Waals surface area contributed by atoms with Crippen LogP contribution in [0.15, 0.2) is 35.0 Å². The third-order valence-corrected chi connectivity index (χ3v) is 2.69. The Morgan fingerprint density at radius 1 is 1.30 bits per heavy atom. The largest absolute Gasteiger partial charge is 0.406 e. The molecule has 0 amide bonds. The number of nitro groups is 1. The van der Waals surface area contributed by atoms with Gasteiger partial charge in [0, 0.05) is 11.5 Å². The smallest absolute Gasteiger partial charge is 0.363 e. The van der Waals surface area contributed by atoms with E-state index in [1.54, 1.807) is 18.2 Å². The SMILES string of the molecule is CC(C)(C)C1=N/C(=C\c2ccccc2[N+](=O)[O-])C(=O)O1. The summed E-state index contributed by atoms with van der Waals surface area (Å²) in [4.78, 5) is 26.3. The quantitative estimate of drug-likeness (QED) is 0.359. The Kier molecular flexibility index (Phi) is 3.40. The number of para-hydroxylation sites is 1. The van der Waals surface area contributed by atoms with E-state index >= 15 is 0 Å². The van der Waals surface area contributed by atoms with Crippen LogP contribution in [0.4, 0.5) is 5.69 Å². The number of ether oxygens (including phenoxy) is 1. The van der Waals surface area contributed by atoms with Crippen molar-refractivity contribution in [2.75, 3.05) is 0 Å². The second-order valence-electron chi connectivity index (χ2n) is 5.40. The topological polar surface area (TPSA) is 81.8 Å². The van der Waals surface area contributed by atoms with E-state index in [1.165, 1.54) is 12.1 Å². The van der Waals surface area contributed by atoms with Gasteiger partial charge in [-0.05, 0) is 12.1 Å². The number of nitro benzene ring substituents is 1. The van der Waals surface area contributed by atoms with Crippen LogP contribution in [0.3, 0.4) is 0 Å². The van der Waals surface area contributed by atoms with Gasteiger partial charge in [-0.3, -0.25) is 10.1 Å². The summed E-state index contributed by atoms with van der Waals surface area (Å²) in [5, 5.41) is 10.9. The van der Waals surface area contributed by atoms with Gasteiger partial charge in [-0.25, -0.2) is 9.79 Å². The maximum atomic E-state index is 11.7. The zero-order valence-electron chi connectivity index (χ0n) is 11.4. The van der Waals surface area contributed by atoms with Gasteiger partial charge >= 0.3 is 5.97 Å². The summed E-state index contributed by atoms with van der Waals surface area (Å²) in [5.41, 5.74) is -0.0757. The summed E-state index contributed by atoms with van der Waals surface area (Å²) in [5.74, 6) is -0.277. The summed E-state index contributed by atoms with van der Waals surface area (Å²) >= 11 is 0. The molecule has 0 saturated carbocycles. The Morgan fingerprint density at radius 2 is 1.95 bits per heavy atom. The molecule has 1 aromatic carbocycles. The van der Waals surface area contributed by atoms with Crippen molar-refractivity contribution < 1.29 is 14.5 Å². The highest BCUT2D eigenvalue weighted by Gasteiger charge is 2.31. The van der Waals surface area contributed by atoms with Crippen LogP contribution in [-0.2, 0) is 9.53 Å². The maximum Gasteiger partial charge on any atom is 0.363 e. The molecule has 0 bridgehead atoms. The minimum absolute atomic E-state index is 0.0734. The molecule has 0 saturated heterocycles. The summed E-state index contributed by atoms with van der Waals surface area (Å²) in [6, 6.07) is 6.16. The molecule has 6 nitrogen and oxygen atoms in total. The number of benzene rings is 1. The predicted molar refractivity (Wildman–Crippen MR) is 74.1 cm³/mol. The van der Waals surface area contributed by atoms with E-state index < -0.39 is 16.3 Å². The molecule has 2 rings (SSSR count). The van der Waals surface area contributed by atoms with E-state index in [0.29, 0.717) is 11.5 Å². The van der Waals surface area contributed by atoms with Gasteiger partial charge in [0.2, 0.25) is 5.90 Å². The fourth-order valence-electron chi connectivity index (χ4n) is 1.65. The van der Waals surface area contributed by atoms with Crippen molar-refractivity contribution in [2.24, 2.45) is 10.4 Å². The molecule has 20 heavy (non-hydrogen) atoms. The third kappa shape index (κ3) is 2.74. The zero-order chi connectivity index (χ0) is 14.9. The number of carbonyl (C=O) groups is 1. The van der Waals surface area contributed by atoms with Crippen molar-refractivity contribution in [1.82, 2.24) is 0 Å². The van der Waals surface area contributed by atoms with Crippen LogP contribution in [-0.4, -0.2) is 16.8 Å². The van der Waals surface area contributed by atoms with Crippen molar-refractivity contribution in [3.63, 3.8) is 0 Å². The molecule has 0 spiro atoms. The lowest BCUT2D eigenvalue weighted by atomic mass is 9.97. The van der Waals surface area contributed by atoms with Crippen LogP contribution in [0.2, 0.25) is 0 Å². The monoisotopic (exact) mass is 274 g/mol. The molecule has 0 fully saturated rings. The minimum atomic E-state index is -0.590. The average molecular weight is 274 g/mol. The molecule has 0 atom stereocenters. The summed E-state index contributed by atoms with van der Waals surface area (Å²) in [7, 11) is 0. The lowest BCUT2D eigenvalue weighted by Crippen LogP contribution is -2.21. The van der Waals surface area contributed by atoms with Crippen molar-refractivity contribution in [3.8, 4) is 0 Å². The number of aliphatic imine (C=N–C) groups is 1. The van der Waals surface area contributed by atoms with Crippen molar-refractivity contribution >= 4 is 23.6 Å². The number of cyclic esters (lactones) is 1. The Balaban J connectivity index is 2.44. The Hall–Kier alpha value is -2.50. The maximum absolute atomic E-state index is 11.7. The molecule has 6 heteroatoms. The Morgan fingerprint density at radius 3 is 2.50 bits per heavy atom. The first-order valence-electron chi connectivity index (χ1n) is 6.05. The Bertz CT molecular complexity index is 639. The van der Waals surface area contributed by atoms with Crippen LogP contribution in [0.25, 0.3) is 6.08 Å². The van der Waals surface area contributed by atoms with E-state index in [9.17, 15) is 14.9 Å². The van der Waals surface area contributed by atoms with Gasteiger partial charge < -0.3 is 4.74 Å². The lowest BCUT2D eigenvalue weighted by Gasteiger charge is -2.15. The van der Waals surface area contributed by atoms with Gasteiger partial charge in [0.05, 0.1) is 10.5 Å². The number of esters is 1. The number of hydrogen-bond donors (Lipinski definition) is 0. The number of nitrogens with zero attached hydrogens (tertiary/aromatic N) is 2. The van der Waals surface area contributed by atoms with Crippen LogP contribution >= 0.6 is 0 Å². The molecular formula is C14H14N2O4. The molecule has 0 aromatic heterocycles. The Labute approximate surface area is 115 Å². The van der Waals surface area contributed by atoms with Gasteiger partial charge in [-0.2, -0.15) is 0 Å². The van der Waals surface area contributed by atoms with Crippen molar-refractivity contribution in [1.29, 1.82) is 0 Å². The third-order valence-electron chi connectivity index (χ3n) is 2.69. The molecule has 0 N–H and O–H groups in total. The van der Waals surface area contributed by atoms with Crippen LogP contribution in [0, 0.1) is 15.5 Å². The van der Waals surface area contributed by atoms with Crippen LogP contribution < -0.4 is 0 Å². The summed E-state index contributed by atoms with van der Waals surface area (Å²) in [6.45, 7) is 5.60. The number of hydrogen-bond acceptors (Lipinski definition) is 5. The van der Waals surface area contributed by atoms with Gasteiger partial charge in [0.25, 0.3) is 5.69 Å². The highest BCUT2D eigenvalue weighted by atomic mass is 16.6. The normalized spacial score (nSPS) is 17.1. The van der Waals surface area contributed by atoms with E-state index in [-0.39, 0.29) is 11.4 Å². The molecule has 0 radical (unpaired) electrons. The summed E-state index contributed by atoms with van der Waals surface area (Å²) < 4.78 is 5.08. The predicted octanol–water partition coefficient (Wildman–Crippen LogP) is 2.94. The lowest BCUT2D eigenvalue weighted by molar-refractivity contribution is -0.385. The minimum Gasteiger partial charge on any atom is -0.406 e. The fourth-order valence-corrected chi connectivity index (χ4v) is 1.65. The van der Waals surface area contributed by atoms with Crippen molar-refractivity contribution in [2.45, 2.75) is 20.8 Å². The molecule has 0 unspecified atom stereocenters. The molecule has 1 aliphatic heterocycles. The zero-order valence-corrected chi connectivity index (χ0v) is 11.4. The second kappa shape index (κ2) is 4.88. The first-order chi connectivity index (χ1) is 9.29. The van der Waals surface area contributed by atoms with Crippen molar-refractivity contribution in [3.05, 3.63) is 45.6 Å². The van der Waals surface area contributed by atoms with Gasteiger partial charge in [-0.15, -0.1) is 0 Å². The molecule has 104 valence electrons. The standard InChI is InChI=1S/C14H14N2O4/c1-14(2,3)13-15-10(12(17)20-13)8-9-6-4-5-7-11(9)16(18)19/h4-8H,1-3H3/b10-8-. The molecular weight excluding hydrogens is 260 g/mol. The van der Waals surface area contributed by atoms with Gasteiger partial charge in [0.15, 0.2) is 5.70 Å². The highest BCUT2D eigenvalue weighted by molar-refractivity contribution is 6.08. The van der Waals surface area contributed by atoms with Crippen LogP contribution in [0.1, 0.15) is 26.3 Å². The van der Waals surface area contributed by atoms with Gasteiger partial charge in [-0.1, -0.05) is 32.9 Å². The molecule has 1 aromatic rings. The number of carbonyl (C=O) groups excluding carboxylic acids is 1. The van der Waals surface area contributed by atoms with E-state index in [0.717, 1.165) is 0 Å². The number of rotatable bonds is 2. The van der Waals surface area contributed by atoms with Crippen LogP contribution in [0.5, 0.6) is 0 Å². The first-order valence-corrected chi connectivity index (χ1v) is 6.05. The summed E-state index contributed by atoms with van der Waals surface area (Å²) in [6.07, 6.45) is 1.37. The molecule has 0 aliphatic carbocycles. The van der Waals surface area contributed by atoms with Gasteiger partial charge in [0.1, 0.15) is 0 Å². The van der Waals surface area contributed by atoms with E-state index in [1.807, 2.05) is 20.8 Å². The van der Waals surface area contributed by atoms with E-state index in [2.05, 4.69) is 4.99 Å². The second-order valence-corrected chi connectivity index (χ2v) is 5.40. The average Bonchev–Trinajstić information content (AvgIpc) is 2.71. The molecule has 1 aliphatic rings. The van der Waals surface area contributed by atoms with E-state index in [4.69, 9.17) is 4.74 Å².